The highest BCUT2D eigenvalue weighted by Crippen LogP contribution is 2.53. The Labute approximate surface area is 681 Å². The summed E-state index contributed by atoms with van der Waals surface area (Å²) in [6.07, 6.45) is 0. The lowest BCUT2D eigenvalue weighted by Crippen LogP contribution is -2.60. The first-order valence-corrected chi connectivity index (χ1v) is 42.7. The van der Waals surface area contributed by atoms with Gasteiger partial charge in [0, 0.05) is 128 Å². The Balaban J connectivity index is 0.000000144. The molecule has 0 unspecified atom stereocenters. The number of nitrogens with zero attached hydrogens (tertiary/aromatic N) is 4. The second kappa shape index (κ2) is 30.2. The largest absolute Gasteiger partial charge is 0.355 e. The van der Waals surface area contributed by atoms with Gasteiger partial charge in [-0.3, -0.25) is 0 Å². The van der Waals surface area contributed by atoms with Crippen LogP contribution in [-0.4, -0.2) is 6.99 Å². The highest BCUT2D eigenvalue weighted by molar-refractivity contribution is 14.4. The van der Waals surface area contributed by atoms with Gasteiger partial charge in [0.2, 0.25) is 0 Å². The van der Waals surface area contributed by atoms with Gasteiger partial charge in [-0.05, 0) is 167 Å². The lowest BCUT2D eigenvalue weighted by molar-refractivity contribution is 1.24. The molecular formula is C94H65B2I3N4S4. The first kappa shape index (κ1) is 69.2. The highest BCUT2D eigenvalue weighted by Gasteiger charge is 2.46. The molecule has 0 radical (unpaired) electrons. The molecule has 20 rings (SSSR count). The first-order chi connectivity index (χ1) is 52.7. The Morgan fingerprint density at radius 2 is 0.766 bits per heavy atom. The van der Waals surface area contributed by atoms with Crippen molar-refractivity contribution in [2.45, 2.75) is 13.8 Å². The summed E-state index contributed by atoms with van der Waals surface area (Å²) in [7, 11) is 0. The molecule has 0 bridgehead atoms. The summed E-state index contributed by atoms with van der Waals surface area (Å²) in [5, 5.41) is 7.42. The molecule has 6 heterocycles. The molecular weight excluding hydrogens is 1720 g/mol. The SMILES string of the molecule is Cc1cc(N(c2ccccc2)c2ccc3c(-c4ccccc4)c(-c4ccccc4)sc3c2)cc(N(c2ccccc2)c2csc3ccccc23)c1.Cc1cc2c3c(c1)N(c1ccccc1)c1c(sc4ccccc14)B3c1cc3c(-c4ccccc4)c(-c4ccccc4)sc3cc1N2c1ccccc1.IB(I)I. The summed E-state index contributed by atoms with van der Waals surface area (Å²) in [6, 6.07) is 128. The van der Waals surface area contributed by atoms with E-state index in [9.17, 15) is 0 Å². The molecule has 107 heavy (non-hydrogen) atoms. The molecule has 0 N–H and O–H groups in total. The summed E-state index contributed by atoms with van der Waals surface area (Å²) < 4.78 is 7.30. The zero-order valence-electron chi connectivity index (χ0n) is 58.3. The van der Waals surface area contributed by atoms with E-state index in [1.54, 1.807) is 11.3 Å². The Hall–Kier alpha value is -9.56. The van der Waals surface area contributed by atoms with Crippen molar-refractivity contribution >= 4 is 244 Å². The summed E-state index contributed by atoms with van der Waals surface area (Å²) in [4.78, 5) is 12.5. The zero-order valence-corrected chi connectivity index (χ0v) is 68.0. The number of fused-ring (bicyclic) bond motifs is 9. The first-order valence-electron chi connectivity index (χ1n) is 35.6. The minimum atomic E-state index is 0.0704. The smallest absolute Gasteiger partial charge is 0.311 e. The Kier molecular flexibility index (Phi) is 19.6. The zero-order chi connectivity index (χ0) is 72.1. The van der Waals surface area contributed by atoms with E-state index >= 15 is 0 Å². The van der Waals surface area contributed by atoms with Crippen LogP contribution in [0.2, 0.25) is 0 Å². The Bertz CT molecular complexity index is 6240. The molecule has 0 saturated heterocycles. The fraction of sp³-hybridized carbons (Fsp3) is 0.0213. The molecule has 0 atom stereocenters. The van der Waals surface area contributed by atoms with Crippen LogP contribution in [0.25, 0.3) is 83.5 Å². The van der Waals surface area contributed by atoms with E-state index in [1.165, 1.54) is 150 Å². The normalized spacial score (nSPS) is 11.9. The lowest BCUT2D eigenvalue weighted by atomic mass is 9.36. The molecule has 4 nitrogen and oxygen atoms in total. The maximum absolute atomic E-state index is 2.55. The number of thiophene rings is 4. The number of aryl methyl sites for hydroxylation is 2. The number of hydrogen-bond acceptors (Lipinski definition) is 8. The predicted molar refractivity (Wildman–Crippen MR) is 497 cm³/mol. The fourth-order valence-electron chi connectivity index (χ4n) is 15.6. The molecule has 0 saturated carbocycles. The number of halogens is 3. The molecule has 4 aromatic heterocycles. The van der Waals surface area contributed by atoms with Crippen LogP contribution in [0.3, 0.4) is 0 Å². The Morgan fingerprint density at radius 1 is 0.327 bits per heavy atom. The molecule has 18 aromatic rings. The maximum Gasteiger partial charge on any atom is 0.355 e. The van der Waals surface area contributed by atoms with Gasteiger partial charge in [0.15, 0.2) is 0 Å². The average Bonchev–Trinajstić information content (AvgIpc) is 1.68. The van der Waals surface area contributed by atoms with Gasteiger partial charge in [-0.1, -0.05) is 243 Å². The quantitative estimate of drug-likeness (QED) is 0.0893. The van der Waals surface area contributed by atoms with Crippen molar-refractivity contribution in [3.05, 3.63) is 368 Å². The van der Waals surface area contributed by atoms with E-state index < -0.39 is 0 Å². The van der Waals surface area contributed by atoms with E-state index in [2.05, 4.69) is 458 Å². The second-order valence-electron chi connectivity index (χ2n) is 26.7. The van der Waals surface area contributed by atoms with Gasteiger partial charge < -0.3 is 19.6 Å². The van der Waals surface area contributed by atoms with Crippen LogP contribution in [0.5, 0.6) is 0 Å². The summed E-state index contributed by atoms with van der Waals surface area (Å²) in [5.41, 5.74) is 27.0. The van der Waals surface area contributed by atoms with Gasteiger partial charge in [0.05, 0.1) is 11.4 Å². The van der Waals surface area contributed by atoms with E-state index in [0.29, 0.717) is 0 Å². The van der Waals surface area contributed by atoms with Crippen LogP contribution in [0.4, 0.5) is 68.2 Å². The van der Waals surface area contributed by atoms with Crippen LogP contribution >= 0.6 is 112 Å². The van der Waals surface area contributed by atoms with E-state index in [1.807, 2.05) is 34.0 Å². The van der Waals surface area contributed by atoms with Gasteiger partial charge in [0.1, 0.15) is 0 Å². The molecule has 512 valence electrons. The van der Waals surface area contributed by atoms with Gasteiger partial charge in [0.25, 0.3) is 6.71 Å². The van der Waals surface area contributed by atoms with Crippen LogP contribution in [0.15, 0.2) is 357 Å². The number of hydrogen-bond donors (Lipinski definition) is 0. The van der Waals surface area contributed by atoms with Crippen molar-refractivity contribution < 1.29 is 0 Å². The van der Waals surface area contributed by atoms with E-state index in [4.69, 9.17) is 0 Å². The minimum absolute atomic E-state index is 0.0704. The van der Waals surface area contributed by atoms with E-state index in [-0.39, 0.29) is 6.71 Å². The number of para-hydroxylation sites is 4. The molecule has 0 spiro atoms. The molecule has 0 fully saturated rings. The van der Waals surface area contributed by atoms with Gasteiger partial charge in [-0.15, -0.1) is 112 Å². The van der Waals surface area contributed by atoms with Gasteiger partial charge >= 0.3 is 0.282 Å². The summed E-state index contributed by atoms with van der Waals surface area (Å²) in [6.45, 7) is 4.52. The van der Waals surface area contributed by atoms with E-state index in [0.717, 1.165) is 28.7 Å². The molecule has 2 aliphatic rings. The molecule has 0 aliphatic carbocycles. The van der Waals surface area contributed by atoms with Crippen LogP contribution in [-0.2, 0) is 0 Å². The second-order valence-corrected chi connectivity index (χ2v) is 41.7. The minimum Gasteiger partial charge on any atom is -0.311 e. The van der Waals surface area contributed by atoms with Gasteiger partial charge in [-0.25, -0.2) is 0 Å². The highest BCUT2D eigenvalue weighted by atomic mass is 127. The summed E-state index contributed by atoms with van der Waals surface area (Å²) >= 11 is 14.5. The van der Waals surface area contributed by atoms with Gasteiger partial charge in [-0.2, -0.15) is 0 Å². The maximum atomic E-state index is 2.55. The third-order valence-electron chi connectivity index (χ3n) is 20.0. The standard InChI is InChI=1S/C47H31BN2S2.C47H34N2S2.BI3/c1-30-26-39-44-40(27-30)50(34-22-12-5-13-23-34)45-35-24-14-15-25-41(35)52-47(45)48(44)37-28-36-42(29-38(37)49(39)33-20-10-4-11-21-33)51-46(32-18-8-3-9-19-32)43(36)31-16-6-2-7-17-31;1-33-28-39(30-40(29-33)49(37-22-12-5-13-23-37)43-32-50-44-25-15-14-24-41(43)44)48(36-20-10-4-11-21-36)38-26-27-42-45(31-38)51-47(35-18-8-3-9-19-35)46(42)34-16-6-2-7-17-34;2-1(3)4/h2-29H,1H3;2-32H,1H3;. The monoisotopic (exact) mass is 1780 g/mol. The molecule has 13 heteroatoms. The molecule has 14 aromatic carbocycles. The average molecular weight is 1780 g/mol. The third-order valence-corrected chi connectivity index (χ3v) is 24.6. The number of anilines is 12. The fourth-order valence-corrected chi connectivity index (χ4v) is 20.4. The molecule has 2 aliphatic heterocycles. The van der Waals surface area contributed by atoms with Crippen LogP contribution in [0.1, 0.15) is 11.1 Å². The van der Waals surface area contributed by atoms with Crippen molar-refractivity contribution in [3.63, 3.8) is 0 Å². The van der Waals surface area contributed by atoms with Crippen molar-refractivity contribution in [3.8, 4) is 43.1 Å². The molecule has 0 amide bonds. The lowest BCUT2D eigenvalue weighted by Gasteiger charge is -2.43. The van der Waals surface area contributed by atoms with Crippen molar-refractivity contribution in [2.75, 3.05) is 19.6 Å². The van der Waals surface area contributed by atoms with Crippen molar-refractivity contribution in [2.24, 2.45) is 0 Å². The number of benzene rings is 14. The summed E-state index contributed by atoms with van der Waals surface area (Å²) in [5.74, 6) is 0. The van der Waals surface area contributed by atoms with Crippen LogP contribution in [0, 0.1) is 13.8 Å². The van der Waals surface area contributed by atoms with Crippen molar-refractivity contribution in [1.29, 1.82) is 0 Å². The van der Waals surface area contributed by atoms with Crippen molar-refractivity contribution in [1.82, 2.24) is 0 Å². The van der Waals surface area contributed by atoms with Crippen LogP contribution < -0.4 is 35.3 Å². The predicted octanol–water partition coefficient (Wildman–Crippen LogP) is 28.8. The third kappa shape index (κ3) is 13.3. The number of rotatable bonds is 12. The topological polar surface area (TPSA) is 13.0 Å². The Morgan fingerprint density at radius 3 is 1.34 bits per heavy atom.